The molecule has 1 aromatic rings. The van der Waals surface area contributed by atoms with Crippen LogP contribution in [0.2, 0.25) is 5.02 Å². The third-order valence-electron chi connectivity index (χ3n) is 6.06. The van der Waals surface area contributed by atoms with Crippen LogP contribution in [0.5, 0.6) is 0 Å². The molecular weight excluding hydrogens is 442 g/mol. The lowest BCUT2D eigenvalue weighted by atomic mass is 9.85. The maximum Gasteiger partial charge on any atom is 0.242 e. The van der Waals surface area contributed by atoms with Crippen molar-refractivity contribution in [1.82, 2.24) is 15.1 Å². The number of fused-ring (bicyclic) bond motifs is 1. The minimum atomic E-state index is -0.743. The normalized spacial score (nSPS) is 21.1. The first-order chi connectivity index (χ1) is 15.5. The number of hydrogen-bond acceptors (Lipinski definition) is 4. The maximum atomic E-state index is 13.3. The van der Waals surface area contributed by atoms with Gasteiger partial charge in [0.1, 0.15) is 6.04 Å². The summed E-state index contributed by atoms with van der Waals surface area (Å²) in [6.07, 6.45) is 4.94. The molecule has 1 aromatic carbocycles. The second-order valence-corrected chi connectivity index (χ2v) is 10.2. The average molecular weight is 474 g/mol. The molecule has 0 spiro atoms. The van der Waals surface area contributed by atoms with Crippen molar-refractivity contribution in [1.29, 1.82) is 0 Å². The fourth-order valence-electron chi connectivity index (χ4n) is 4.33. The van der Waals surface area contributed by atoms with Crippen molar-refractivity contribution in [2.24, 2.45) is 11.8 Å². The van der Waals surface area contributed by atoms with Crippen LogP contribution in [0.1, 0.15) is 52.5 Å². The highest BCUT2D eigenvalue weighted by Crippen LogP contribution is 2.35. The van der Waals surface area contributed by atoms with Crippen LogP contribution in [0.4, 0.5) is 0 Å². The molecule has 1 N–H and O–H groups in total. The van der Waals surface area contributed by atoms with Gasteiger partial charge >= 0.3 is 0 Å². The third kappa shape index (κ3) is 6.02. The van der Waals surface area contributed by atoms with Crippen molar-refractivity contribution in [2.75, 3.05) is 6.54 Å². The van der Waals surface area contributed by atoms with Gasteiger partial charge in [-0.3, -0.25) is 24.1 Å². The van der Waals surface area contributed by atoms with Crippen LogP contribution in [-0.4, -0.2) is 51.6 Å². The molecule has 0 aromatic heterocycles. The van der Waals surface area contributed by atoms with Crippen molar-refractivity contribution in [3.05, 3.63) is 47.0 Å². The maximum absolute atomic E-state index is 13.3. The summed E-state index contributed by atoms with van der Waals surface area (Å²) in [5.74, 6) is -1.64. The lowest BCUT2D eigenvalue weighted by Crippen LogP contribution is -2.52. The number of nitrogens with zero attached hydrogens (tertiary/aromatic N) is 2. The number of nitrogens with one attached hydrogen (secondary N) is 1. The van der Waals surface area contributed by atoms with Gasteiger partial charge in [0.15, 0.2) is 0 Å². The monoisotopic (exact) mass is 473 g/mol. The summed E-state index contributed by atoms with van der Waals surface area (Å²) in [7, 11) is 0. The van der Waals surface area contributed by atoms with E-state index in [0.29, 0.717) is 17.9 Å². The molecule has 1 aliphatic heterocycles. The molecule has 3 rings (SSSR count). The number of amides is 4. The van der Waals surface area contributed by atoms with E-state index in [-0.39, 0.29) is 55.0 Å². The zero-order valence-electron chi connectivity index (χ0n) is 19.6. The van der Waals surface area contributed by atoms with Crippen LogP contribution >= 0.6 is 11.6 Å². The van der Waals surface area contributed by atoms with E-state index in [1.54, 1.807) is 25.1 Å². The molecule has 3 atom stereocenters. The zero-order chi connectivity index (χ0) is 24.3. The van der Waals surface area contributed by atoms with Crippen LogP contribution in [0.25, 0.3) is 0 Å². The molecule has 1 saturated heterocycles. The number of rotatable bonds is 7. The number of carbonyl (C=O) groups is 4. The molecule has 1 unspecified atom stereocenters. The fourth-order valence-corrected chi connectivity index (χ4v) is 4.54. The molecule has 178 valence electrons. The molecular formula is C25H32ClN3O4. The topological polar surface area (TPSA) is 86.8 Å². The number of imide groups is 1. The van der Waals surface area contributed by atoms with Crippen LogP contribution in [0.15, 0.2) is 36.4 Å². The molecule has 1 aliphatic carbocycles. The van der Waals surface area contributed by atoms with Gasteiger partial charge in [-0.1, -0.05) is 35.9 Å². The van der Waals surface area contributed by atoms with E-state index in [0.717, 1.165) is 5.56 Å². The Morgan fingerprint density at radius 2 is 1.76 bits per heavy atom. The smallest absolute Gasteiger partial charge is 0.242 e. The standard InChI is InChI=1S/C25H32ClN3O4/c1-16(22(31)27-25(2,3)4)29(15-17-8-7-9-18(26)14-17)21(30)12-13-28-23(32)19-10-5-6-11-20(19)24(28)33/h5-9,14,16,19-20H,10-13,15H2,1-4H3,(H,27,31)/t16?,19-,20+. The summed E-state index contributed by atoms with van der Waals surface area (Å²) in [4.78, 5) is 54.3. The summed E-state index contributed by atoms with van der Waals surface area (Å²) in [6, 6.07) is 6.38. The Morgan fingerprint density at radius 1 is 1.15 bits per heavy atom. The number of benzene rings is 1. The van der Waals surface area contributed by atoms with E-state index >= 15 is 0 Å². The third-order valence-corrected chi connectivity index (χ3v) is 6.29. The van der Waals surface area contributed by atoms with Crippen LogP contribution < -0.4 is 5.32 Å². The van der Waals surface area contributed by atoms with Gasteiger partial charge in [-0.2, -0.15) is 0 Å². The zero-order valence-corrected chi connectivity index (χ0v) is 20.4. The van der Waals surface area contributed by atoms with Gasteiger partial charge in [0, 0.05) is 30.1 Å². The fraction of sp³-hybridized carbons (Fsp3) is 0.520. The van der Waals surface area contributed by atoms with E-state index < -0.39 is 11.6 Å². The van der Waals surface area contributed by atoms with Gasteiger partial charge in [-0.25, -0.2) is 0 Å². The molecule has 0 bridgehead atoms. The predicted molar refractivity (Wildman–Crippen MR) is 126 cm³/mol. The molecule has 1 heterocycles. The van der Waals surface area contributed by atoms with Gasteiger partial charge in [-0.15, -0.1) is 0 Å². The van der Waals surface area contributed by atoms with Crippen molar-refractivity contribution >= 4 is 35.2 Å². The largest absolute Gasteiger partial charge is 0.350 e. The Kier molecular flexibility index (Phi) is 7.62. The van der Waals surface area contributed by atoms with Crippen molar-refractivity contribution < 1.29 is 19.2 Å². The van der Waals surface area contributed by atoms with Crippen LogP contribution in [0.3, 0.4) is 0 Å². The molecule has 7 nitrogen and oxygen atoms in total. The summed E-state index contributed by atoms with van der Waals surface area (Å²) in [5, 5.41) is 3.45. The van der Waals surface area contributed by atoms with Gasteiger partial charge in [-0.05, 0) is 58.2 Å². The lowest BCUT2D eigenvalue weighted by molar-refractivity contribution is -0.144. The Hall–Kier alpha value is -2.67. The van der Waals surface area contributed by atoms with Gasteiger partial charge in [0.25, 0.3) is 0 Å². The molecule has 4 amide bonds. The van der Waals surface area contributed by atoms with E-state index in [1.807, 2.05) is 39.0 Å². The number of hydrogen-bond donors (Lipinski definition) is 1. The van der Waals surface area contributed by atoms with Crippen LogP contribution in [0, 0.1) is 11.8 Å². The first-order valence-electron chi connectivity index (χ1n) is 11.3. The molecule has 0 saturated carbocycles. The summed E-state index contributed by atoms with van der Waals surface area (Å²) in [5.41, 5.74) is 0.339. The highest BCUT2D eigenvalue weighted by molar-refractivity contribution is 6.30. The summed E-state index contributed by atoms with van der Waals surface area (Å²) in [6.45, 7) is 7.51. The quantitative estimate of drug-likeness (QED) is 0.486. The highest BCUT2D eigenvalue weighted by atomic mass is 35.5. The second-order valence-electron chi connectivity index (χ2n) is 9.80. The van der Waals surface area contributed by atoms with Crippen molar-refractivity contribution in [2.45, 2.75) is 65.1 Å². The minimum Gasteiger partial charge on any atom is -0.350 e. The van der Waals surface area contributed by atoms with E-state index in [1.165, 1.54) is 9.80 Å². The summed E-state index contributed by atoms with van der Waals surface area (Å²) >= 11 is 6.11. The van der Waals surface area contributed by atoms with E-state index in [2.05, 4.69) is 5.32 Å². The summed E-state index contributed by atoms with van der Waals surface area (Å²) < 4.78 is 0. The number of halogens is 1. The predicted octanol–water partition coefficient (Wildman–Crippen LogP) is 3.31. The average Bonchev–Trinajstić information content (AvgIpc) is 2.99. The first-order valence-corrected chi connectivity index (χ1v) is 11.7. The highest BCUT2D eigenvalue weighted by Gasteiger charge is 2.47. The van der Waals surface area contributed by atoms with Crippen LogP contribution in [-0.2, 0) is 25.7 Å². The lowest BCUT2D eigenvalue weighted by Gasteiger charge is -2.32. The minimum absolute atomic E-state index is 0.0170. The Labute approximate surface area is 200 Å². The number of allylic oxidation sites excluding steroid dienone is 2. The van der Waals surface area contributed by atoms with Crippen molar-refractivity contribution in [3.8, 4) is 0 Å². The SMILES string of the molecule is CC(C(=O)NC(C)(C)C)N(Cc1cccc(Cl)c1)C(=O)CCN1C(=O)[C@H]2CC=CC[C@H]2C1=O. The first kappa shape index (κ1) is 25.0. The molecule has 8 heteroatoms. The van der Waals surface area contributed by atoms with Gasteiger partial charge in [0.05, 0.1) is 11.8 Å². The Bertz CT molecular complexity index is 943. The number of carbonyl (C=O) groups excluding carboxylic acids is 4. The molecule has 33 heavy (non-hydrogen) atoms. The van der Waals surface area contributed by atoms with Gasteiger partial charge in [0.2, 0.25) is 23.6 Å². The molecule has 2 aliphatic rings. The van der Waals surface area contributed by atoms with Gasteiger partial charge < -0.3 is 10.2 Å². The molecule has 0 radical (unpaired) electrons. The van der Waals surface area contributed by atoms with E-state index in [9.17, 15) is 19.2 Å². The Balaban J connectivity index is 1.73. The van der Waals surface area contributed by atoms with E-state index in [4.69, 9.17) is 11.6 Å². The number of likely N-dealkylation sites (tertiary alicyclic amines) is 1. The molecule has 1 fully saturated rings. The van der Waals surface area contributed by atoms with Crippen molar-refractivity contribution in [3.63, 3.8) is 0 Å². The Morgan fingerprint density at radius 3 is 2.30 bits per heavy atom. The second kappa shape index (κ2) is 10.1.